The summed E-state index contributed by atoms with van der Waals surface area (Å²) < 4.78 is 32.3. The maximum atomic E-state index is 13.5. The zero-order valence-electron chi connectivity index (χ0n) is 18.9. The molecule has 0 unspecified atom stereocenters. The van der Waals surface area contributed by atoms with Crippen molar-refractivity contribution in [1.82, 2.24) is 4.98 Å². The topological polar surface area (TPSA) is 59.4 Å². The molecule has 0 radical (unpaired) electrons. The molecule has 0 spiro atoms. The number of halogens is 2. The molecule has 1 aromatic heterocycles. The predicted molar refractivity (Wildman–Crippen MR) is 130 cm³/mol. The molecule has 0 saturated heterocycles. The Morgan fingerprint density at radius 2 is 1.91 bits per heavy atom. The molecule has 1 N–H and O–H groups in total. The van der Waals surface area contributed by atoms with Gasteiger partial charge in [0.2, 0.25) is 0 Å². The molecular weight excluding hydrogens is 464 g/mol. The van der Waals surface area contributed by atoms with Crippen molar-refractivity contribution in [2.24, 2.45) is 0 Å². The first-order valence-corrected chi connectivity index (χ1v) is 12.5. The van der Waals surface area contributed by atoms with Crippen LogP contribution in [0.25, 0.3) is 10.6 Å². The number of nitrogens with zero attached hydrogens (tertiary/aromatic N) is 1. The van der Waals surface area contributed by atoms with Gasteiger partial charge in [0.25, 0.3) is 5.92 Å². The van der Waals surface area contributed by atoms with Crippen molar-refractivity contribution in [3.63, 3.8) is 0 Å². The number of carboxylic acids is 1. The highest BCUT2D eigenvalue weighted by atomic mass is 32.2. The molecule has 1 heterocycles. The molecule has 0 atom stereocenters. The van der Waals surface area contributed by atoms with Gasteiger partial charge in [-0.1, -0.05) is 37.6 Å². The Labute approximate surface area is 201 Å². The number of alkyl halides is 2. The summed E-state index contributed by atoms with van der Waals surface area (Å²) in [5.74, 6) is -2.44. The van der Waals surface area contributed by atoms with Crippen LogP contribution in [0.3, 0.4) is 0 Å². The van der Waals surface area contributed by atoms with Crippen LogP contribution in [-0.2, 0) is 23.6 Å². The van der Waals surface area contributed by atoms with Gasteiger partial charge in [-0.15, -0.1) is 23.1 Å². The van der Waals surface area contributed by atoms with Crippen LogP contribution in [0.5, 0.6) is 5.75 Å². The number of benzene rings is 2. The van der Waals surface area contributed by atoms with Crippen LogP contribution in [-0.4, -0.2) is 28.4 Å². The Morgan fingerprint density at radius 1 is 1.18 bits per heavy atom. The summed E-state index contributed by atoms with van der Waals surface area (Å²) in [7, 11) is 0. The van der Waals surface area contributed by atoms with E-state index in [1.54, 1.807) is 41.3 Å². The first-order valence-electron chi connectivity index (χ1n) is 10.7. The monoisotopic (exact) mass is 491 g/mol. The summed E-state index contributed by atoms with van der Waals surface area (Å²) in [4.78, 5) is 17.8. The van der Waals surface area contributed by atoms with E-state index in [0.717, 1.165) is 58.7 Å². The highest BCUT2D eigenvalue weighted by molar-refractivity contribution is 7.99. The lowest BCUT2D eigenvalue weighted by Gasteiger charge is -2.10. The summed E-state index contributed by atoms with van der Waals surface area (Å²) >= 11 is 3.35. The minimum Gasteiger partial charge on any atom is -0.482 e. The lowest BCUT2D eigenvalue weighted by atomic mass is 10.1. The molecule has 33 heavy (non-hydrogen) atoms. The number of thioether (sulfide) groups is 1. The number of carboxylic acid groups (broad SMARTS) is 1. The zero-order chi connectivity index (χ0) is 24.0. The molecule has 0 fully saturated rings. The number of hydrogen-bond acceptors (Lipinski definition) is 5. The van der Waals surface area contributed by atoms with Gasteiger partial charge in [-0.25, -0.2) is 18.6 Å². The number of ether oxygens (including phenoxy) is 1. The molecule has 2 aromatic carbocycles. The molecule has 0 amide bonds. The summed E-state index contributed by atoms with van der Waals surface area (Å²) in [6.45, 7) is 4.57. The van der Waals surface area contributed by atoms with E-state index in [1.165, 1.54) is 17.0 Å². The summed E-state index contributed by atoms with van der Waals surface area (Å²) in [6, 6.07) is 12.1. The van der Waals surface area contributed by atoms with Crippen molar-refractivity contribution >= 4 is 29.1 Å². The van der Waals surface area contributed by atoms with Crippen molar-refractivity contribution in [3.8, 4) is 16.3 Å². The largest absolute Gasteiger partial charge is 0.482 e. The van der Waals surface area contributed by atoms with Crippen LogP contribution in [0.15, 0.2) is 47.4 Å². The van der Waals surface area contributed by atoms with Crippen LogP contribution in [0.4, 0.5) is 8.78 Å². The normalized spacial score (nSPS) is 11.5. The van der Waals surface area contributed by atoms with Crippen molar-refractivity contribution in [3.05, 3.63) is 64.2 Å². The van der Waals surface area contributed by atoms with Crippen LogP contribution in [0, 0.1) is 6.92 Å². The van der Waals surface area contributed by atoms with Gasteiger partial charge >= 0.3 is 5.97 Å². The lowest BCUT2D eigenvalue weighted by Crippen LogP contribution is -2.10. The van der Waals surface area contributed by atoms with Crippen molar-refractivity contribution in [1.29, 1.82) is 0 Å². The molecule has 176 valence electrons. The number of hydrogen-bond donors (Lipinski definition) is 1. The molecule has 0 aliphatic heterocycles. The third-order valence-electron chi connectivity index (χ3n) is 5.00. The number of aryl methyl sites for hydroxylation is 3. The number of aliphatic carboxylic acids is 1. The second-order valence-electron chi connectivity index (χ2n) is 7.81. The maximum Gasteiger partial charge on any atom is 0.341 e. The van der Waals surface area contributed by atoms with Crippen LogP contribution in [0.2, 0.25) is 0 Å². The van der Waals surface area contributed by atoms with Gasteiger partial charge in [0.1, 0.15) is 10.8 Å². The van der Waals surface area contributed by atoms with E-state index in [4.69, 9.17) is 14.8 Å². The first kappa shape index (κ1) is 25.2. The lowest BCUT2D eigenvalue weighted by molar-refractivity contribution is -0.139. The quantitative estimate of drug-likeness (QED) is 0.293. The van der Waals surface area contributed by atoms with Gasteiger partial charge in [-0.05, 0) is 37.1 Å². The van der Waals surface area contributed by atoms with E-state index in [-0.39, 0.29) is 12.2 Å². The predicted octanol–water partition coefficient (Wildman–Crippen LogP) is 6.98. The summed E-state index contributed by atoms with van der Waals surface area (Å²) in [6.07, 6.45) is 2.76. The third kappa shape index (κ3) is 7.01. The van der Waals surface area contributed by atoms with Gasteiger partial charge in [-0.2, -0.15) is 0 Å². The van der Waals surface area contributed by atoms with Crippen LogP contribution in [0.1, 0.15) is 42.0 Å². The Bertz CT molecular complexity index is 1090. The highest BCUT2D eigenvalue weighted by Crippen LogP contribution is 2.33. The number of thiazole rings is 1. The fourth-order valence-corrected chi connectivity index (χ4v) is 5.48. The zero-order valence-corrected chi connectivity index (χ0v) is 20.5. The smallest absolute Gasteiger partial charge is 0.341 e. The molecule has 8 heteroatoms. The van der Waals surface area contributed by atoms with E-state index < -0.39 is 11.9 Å². The molecule has 0 aliphatic rings. The molecule has 0 saturated carbocycles. The molecule has 3 aromatic rings. The minimum atomic E-state index is -2.85. The number of rotatable bonds is 11. The Kier molecular flexibility index (Phi) is 8.48. The second kappa shape index (κ2) is 11.1. The summed E-state index contributed by atoms with van der Waals surface area (Å²) in [5.41, 5.74) is 2.82. The maximum absolute atomic E-state index is 13.5. The van der Waals surface area contributed by atoms with Gasteiger partial charge in [0.05, 0.1) is 5.69 Å². The average Bonchev–Trinajstić information content (AvgIpc) is 3.15. The van der Waals surface area contributed by atoms with Gasteiger partial charge in [0.15, 0.2) is 6.61 Å². The molecule has 4 nitrogen and oxygen atoms in total. The first-order chi connectivity index (χ1) is 15.7. The average molecular weight is 492 g/mol. The van der Waals surface area contributed by atoms with E-state index in [0.29, 0.717) is 5.75 Å². The second-order valence-corrected chi connectivity index (χ2v) is 10.1. The van der Waals surface area contributed by atoms with E-state index in [9.17, 15) is 13.6 Å². The van der Waals surface area contributed by atoms with Gasteiger partial charge in [0, 0.05) is 40.0 Å². The standard InChI is InChI=1S/C25H27F2NO3S2/c1-4-5-22-20(28-24(33-22)17-6-8-18(9-7-17)25(3,26)27)12-13-32-19-10-11-21(16(2)14-19)31-15-23(29)30/h6-11,14H,4-5,12-13,15H2,1-3H3,(H,29,30). The van der Waals surface area contributed by atoms with Gasteiger partial charge in [-0.3, -0.25) is 0 Å². The molecular formula is C25H27F2NO3S2. The molecule has 0 aliphatic carbocycles. The number of aromatic nitrogens is 1. The molecule has 0 bridgehead atoms. The fourth-order valence-electron chi connectivity index (χ4n) is 3.31. The van der Waals surface area contributed by atoms with E-state index in [1.807, 2.05) is 19.1 Å². The highest BCUT2D eigenvalue weighted by Gasteiger charge is 2.24. The fraction of sp³-hybridized carbons (Fsp3) is 0.360. The van der Waals surface area contributed by atoms with E-state index in [2.05, 4.69) is 6.92 Å². The Morgan fingerprint density at radius 3 is 2.52 bits per heavy atom. The molecule has 3 rings (SSSR count). The van der Waals surface area contributed by atoms with Gasteiger partial charge < -0.3 is 9.84 Å². The third-order valence-corrected chi connectivity index (χ3v) is 7.20. The summed E-state index contributed by atoms with van der Waals surface area (Å²) in [5, 5.41) is 9.62. The van der Waals surface area contributed by atoms with Crippen molar-refractivity contribution in [2.45, 2.75) is 50.9 Å². The van der Waals surface area contributed by atoms with Crippen molar-refractivity contribution in [2.75, 3.05) is 12.4 Å². The van der Waals surface area contributed by atoms with Crippen LogP contribution >= 0.6 is 23.1 Å². The van der Waals surface area contributed by atoms with E-state index >= 15 is 0 Å². The van der Waals surface area contributed by atoms with Crippen molar-refractivity contribution < 1.29 is 23.4 Å². The van der Waals surface area contributed by atoms with Crippen LogP contribution < -0.4 is 4.74 Å². The minimum absolute atomic E-state index is 0.00267. The Balaban J connectivity index is 1.67. The SMILES string of the molecule is CCCc1sc(-c2ccc(C(C)(F)F)cc2)nc1CCSc1ccc(OCC(=O)O)c(C)c1. The Hall–Kier alpha value is -2.45. The number of carbonyl (C=O) groups is 1.